The lowest BCUT2D eigenvalue weighted by atomic mass is 10.2. The number of anilines is 2. The number of carbonyl (C=O) groups excluding carboxylic acids is 1. The highest BCUT2D eigenvalue weighted by Gasteiger charge is 2.12. The standard InChI is InChI=1S/C13H8Cl4N2O/c14-7-3-8(15)5-9(4-7)19-13(20)6-1-10(16)12(18)11(17)2-6/h1-5H,18H2,(H,19,20). The Balaban J connectivity index is 2.28. The largest absolute Gasteiger partial charge is 0.396 e. The molecule has 20 heavy (non-hydrogen) atoms. The van der Waals surface area contributed by atoms with Crippen LogP contribution in [0.4, 0.5) is 11.4 Å². The van der Waals surface area contributed by atoms with E-state index in [1.54, 1.807) is 18.2 Å². The minimum atomic E-state index is -0.396. The Morgan fingerprint density at radius 3 is 1.90 bits per heavy atom. The predicted molar refractivity (Wildman–Crippen MR) is 85.3 cm³/mol. The predicted octanol–water partition coefficient (Wildman–Crippen LogP) is 5.13. The van der Waals surface area contributed by atoms with Crippen LogP contribution in [0.5, 0.6) is 0 Å². The average Bonchev–Trinajstić information content (AvgIpc) is 2.33. The smallest absolute Gasteiger partial charge is 0.255 e. The lowest BCUT2D eigenvalue weighted by Gasteiger charge is -2.08. The number of nitrogens with one attached hydrogen (secondary N) is 1. The van der Waals surface area contributed by atoms with Crippen molar-refractivity contribution in [1.29, 1.82) is 0 Å². The number of benzene rings is 2. The van der Waals surface area contributed by atoms with Crippen molar-refractivity contribution in [1.82, 2.24) is 0 Å². The summed E-state index contributed by atoms with van der Waals surface area (Å²) in [6, 6.07) is 7.59. The summed E-state index contributed by atoms with van der Waals surface area (Å²) in [6.45, 7) is 0. The first-order valence-corrected chi connectivity index (χ1v) is 6.90. The fraction of sp³-hybridized carbons (Fsp3) is 0. The van der Waals surface area contributed by atoms with E-state index in [1.807, 2.05) is 0 Å². The maximum Gasteiger partial charge on any atom is 0.255 e. The number of nitrogens with two attached hydrogens (primary N) is 1. The van der Waals surface area contributed by atoms with Crippen LogP contribution in [0.2, 0.25) is 20.1 Å². The Morgan fingerprint density at radius 1 is 0.900 bits per heavy atom. The number of nitrogen functional groups attached to an aromatic ring is 1. The number of halogens is 4. The molecule has 0 heterocycles. The van der Waals surface area contributed by atoms with Gasteiger partial charge >= 0.3 is 0 Å². The Morgan fingerprint density at radius 2 is 1.40 bits per heavy atom. The molecule has 0 aliphatic heterocycles. The summed E-state index contributed by atoms with van der Waals surface area (Å²) in [5.41, 5.74) is 6.60. The summed E-state index contributed by atoms with van der Waals surface area (Å²) >= 11 is 23.5. The molecule has 0 atom stereocenters. The van der Waals surface area contributed by atoms with Crippen LogP contribution >= 0.6 is 46.4 Å². The Hall–Kier alpha value is -1.13. The summed E-state index contributed by atoms with van der Waals surface area (Å²) in [6.07, 6.45) is 0. The highest BCUT2D eigenvalue weighted by Crippen LogP contribution is 2.29. The molecule has 2 rings (SSSR count). The lowest BCUT2D eigenvalue weighted by molar-refractivity contribution is 0.102. The molecule has 0 bridgehead atoms. The SMILES string of the molecule is Nc1c(Cl)cc(C(=O)Nc2cc(Cl)cc(Cl)c2)cc1Cl. The second kappa shape index (κ2) is 6.10. The van der Waals surface area contributed by atoms with Crippen molar-refractivity contribution in [3.8, 4) is 0 Å². The van der Waals surface area contributed by atoms with Crippen LogP contribution in [0.3, 0.4) is 0 Å². The average molecular weight is 350 g/mol. The van der Waals surface area contributed by atoms with E-state index in [1.165, 1.54) is 12.1 Å². The van der Waals surface area contributed by atoms with Crippen LogP contribution in [0.1, 0.15) is 10.4 Å². The van der Waals surface area contributed by atoms with Crippen LogP contribution in [0, 0.1) is 0 Å². The van der Waals surface area contributed by atoms with Gasteiger partial charge in [-0.3, -0.25) is 4.79 Å². The van der Waals surface area contributed by atoms with Crippen molar-refractivity contribution in [3.05, 3.63) is 56.0 Å². The molecule has 3 N–H and O–H groups in total. The third-order valence-electron chi connectivity index (χ3n) is 2.46. The van der Waals surface area contributed by atoms with Crippen LogP contribution in [0.25, 0.3) is 0 Å². The molecule has 0 aliphatic carbocycles. The second-order valence-corrected chi connectivity index (χ2v) is 5.65. The number of amides is 1. The van der Waals surface area contributed by atoms with Crippen LogP contribution in [-0.4, -0.2) is 5.91 Å². The highest BCUT2D eigenvalue weighted by molar-refractivity contribution is 6.39. The van der Waals surface area contributed by atoms with Gasteiger partial charge in [-0.25, -0.2) is 0 Å². The zero-order valence-electron chi connectivity index (χ0n) is 9.88. The molecule has 3 nitrogen and oxygen atoms in total. The summed E-state index contributed by atoms with van der Waals surface area (Å²) in [5.74, 6) is -0.396. The summed E-state index contributed by atoms with van der Waals surface area (Å²) in [5, 5.41) is 3.91. The van der Waals surface area contributed by atoms with E-state index in [0.717, 1.165) is 0 Å². The fourth-order valence-electron chi connectivity index (χ4n) is 1.54. The summed E-state index contributed by atoms with van der Waals surface area (Å²) in [7, 11) is 0. The Labute approximate surface area is 135 Å². The third kappa shape index (κ3) is 3.49. The molecule has 0 saturated heterocycles. The molecule has 2 aromatic carbocycles. The molecule has 0 saturated carbocycles. The van der Waals surface area contributed by atoms with Crippen LogP contribution < -0.4 is 11.1 Å². The maximum absolute atomic E-state index is 12.1. The monoisotopic (exact) mass is 348 g/mol. The van der Waals surface area contributed by atoms with Gasteiger partial charge in [-0.05, 0) is 30.3 Å². The molecular weight excluding hydrogens is 342 g/mol. The van der Waals surface area contributed by atoms with E-state index in [0.29, 0.717) is 15.7 Å². The number of hydrogen-bond acceptors (Lipinski definition) is 2. The van der Waals surface area contributed by atoms with Gasteiger partial charge < -0.3 is 11.1 Å². The van der Waals surface area contributed by atoms with Crippen LogP contribution in [0.15, 0.2) is 30.3 Å². The fourth-order valence-corrected chi connectivity index (χ4v) is 2.56. The molecule has 7 heteroatoms. The molecule has 0 fully saturated rings. The molecule has 2 aromatic rings. The number of rotatable bonds is 2. The third-order valence-corrected chi connectivity index (χ3v) is 3.52. The van der Waals surface area contributed by atoms with E-state index < -0.39 is 5.91 Å². The highest BCUT2D eigenvalue weighted by atomic mass is 35.5. The van der Waals surface area contributed by atoms with Gasteiger partial charge in [0.15, 0.2) is 0 Å². The molecule has 0 spiro atoms. The van der Waals surface area contributed by atoms with Gasteiger partial charge in [0.2, 0.25) is 0 Å². The van der Waals surface area contributed by atoms with E-state index in [4.69, 9.17) is 52.1 Å². The molecule has 104 valence electrons. The van der Waals surface area contributed by atoms with Gasteiger partial charge in [-0.1, -0.05) is 46.4 Å². The second-order valence-electron chi connectivity index (χ2n) is 3.97. The van der Waals surface area contributed by atoms with E-state index in [-0.39, 0.29) is 21.3 Å². The van der Waals surface area contributed by atoms with Gasteiger partial charge in [-0.15, -0.1) is 0 Å². The quantitative estimate of drug-likeness (QED) is 0.738. The maximum atomic E-state index is 12.1. The number of hydrogen-bond donors (Lipinski definition) is 2. The zero-order chi connectivity index (χ0) is 14.9. The van der Waals surface area contributed by atoms with Gasteiger partial charge in [0.25, 0.3) is 5.91 Å². The van der Waals surface area contributed by atoms with Gasteiger partial charge in [0, 0.05) is 21.3 Å². The van der Waals surface area contributed by atoms with Gasteiger partial charge in [-0.2, -0.15) is 0 Å². The van der Waals surface area contributed by atoms with Crippen molar-refractivity contribution in [2.75, 3.05) is 11.1 Å². The minimum absolute atomic E-state index is 0.215. The zero-order valence-corrected chi connectivity index (χ0v) is 12.9. The van der Waals surface area contributed by atoms with Crippen molar-refractivity contribution in [2.45, 2.75) is 0 Å². The molecule has 0 aliphatic rings. The number of carbonyl (C=O) groups is 1. The molecule has 0 radical (unpaired) electrons. The van der Waals surface area contributed by atoms with Crippen molar-refractivity contribution >= 4 is 63.7 Å². The van der Waals surface area contributed by atoms with Crippen molar-refractivity contribution in [3.63, 3.8) is 0 Å². The van der Waals surface area contributed by atoms with Gasteiger partial charge in [0.1, 0.15) is 0 Å². The normalized spacial score (nSPS) is 10.4. The topological polar surface area (TPSA) is 55.1 Å². The van der Waals surface area contributed by atoms with Gasteiger partial charge in [0.05, 0.1) is 15.7 Å². The first-order valence-electron chi connectivity index (χ1n) is 5.39. The Bertz CT molecular complexity index is 645. The first-order chi connectivity index (χ1) is 9.36. The van der Waals surface area contributed by atoms with E-state index >= 15 is 0 Å². The lowest BCUT2D eigenvalue weighted by Crippen LogP contribution is -2.12. The summed E-state index contributed by atoms with van der Waals surface area (Å²) in [4.78, 5) is 12.1. The molecular formula is C13H8Cl4N2O. The Kier molecular flexibility index (Phi) is 4.66. The minimum Gasteiger partial charge on any atom is -0.396 e. The van der Waals surface area contributed by atoms with E-state index in [9.17, 15) is 4.79 Å². The van der Waals surface area contributed by atoms with E-state index in [2.05, 4.69) is 5.32 Å². The molecule has 1 amide bonds. The first kappa shape index (κ1) is 15.3. The van der Waals surface area contributed by atoms with Crippen molar-refractivity contribution < 1.29 is 4.79 Å². The molecule has 0 unspecified atom stereocenters. The van der Waals surface area contributed by atoms with Crippen LogP contribution in [-0.2, 0) is 0 Å². The molecule has 0 aromatic heterocycles. The van der Waals surface area contributed by atoms with Crippen molar-refractivity contribution in [2.24, 2.45) is 0 Å². The summed E-state index contributed by atoms with van der Waals surface area (Å²) < 4.78 is 0.